The van der Waals surface area contributed by atoms with E-state index in [9.17, 15) is 14.0 Å². The molecular weight excluding hydrogens is 247 g/mol. The number of amides is 2. The average Bonchev–Trinajstić information content (AvgIpc) is 2.41. The monoisotopic (exact) mass is 266 g/mol. The summed E-state index contributed by atoms with van der Waals surface area (Å²) in [6.07, 6.45) is 4.15. The van der Waals surface area contributed by atoms with Gasteiger partial charge in [0, 0.05) is 12.2 Å². The Kier molecular flexibility index (Phi) is 6.57. The molecule has 0 heterocycles. The first kappa shape index (κ1) is 15.1. The van der Waals surface area contributed by atoms with E-state index in [0.29, 0.717) is 12.2 Å². The van der Waals surface area contributed by atoms with E-state index in [0.717, 1.165) is 25.7 Å². The largest absolute Gasteiger partial charge is 0.348 e. The molecule has 2 N–H and O–H groups in total. The number of nitrogens with one attached hydrogen (secondary N) is 2. The average molecular weight is 266 g/mol. The van der Waals surface area contributed by atoms with E-state index in [-0.39, 0.29) is 0 Å². The summed E-state index contributed by atoms with van der Waals surface area (Å²) in [5.41, 5.74) is 0.396. The molecule has 0 fully saturated rings. The number of anilines is 1. The van der Waals surface area contributed by atoms with Crippen molar-refractivity contribution < 1.29 is 14.0 Å². The second-order valence-corrected chi connectivity index (χ2v) is 4.28. The van der Waals surface area contributed by atoms with Crippen molar-refractivity contribution in [2.75, 3.05) is 11.9 Å². The number of hydrogen-bond donors (Lipinski definition) is 2. The molecule has 5 heteroatoms. The smallest absolute Gasteiger partial charge is 0.313 e. The van der Waals surface area contributed by atoms with Crippen molar-refractivity contribution >= 4 is 17.5 Å². The van der Waals surface area contributed by atoms with Gasteiger partial charge in [-0.3, -0.25) is 9.59 Å². The van der Waals surface area contributed by atoms with Gasteiger partial charge in [0.25, 0.3) is 0 Å². The lowest BCUT2D eigenvalue weighted by Crippen LogP contribution is -2.35. The number of rotatable bonds is 6. The Morgan fingerprint density at radius 2 is 1.74 bits per heavy atom. The number of carbonyl (C=O) groups excluding carboxylic acids is 2. The Bertz CT molecular complexity index is 418. The van der Waals surface area contributed by atoms with Gasteiger partial charge in [-0.2, -0.15) is 0 Å². The lowest BCUT2D eigenvalue weighted by atomic mass is 10.2. The summed E-state index contributed by atoms with van der Waals surface area (Å²) in [5, 5.41) is 4.95. The summed E-state index contributed by atoms with van der Waals surface area (Å²) in [7, 11) is 0. The first-order chi connectivity index (χ1) is 9.13. The van der Waals surface area contributed by atoms with Gasteiger partial charge in [-0.05, 0) is 30.7 Å². The zero-order chi connectivity index (χ0) is 14.1. The van der Waals surface area contributed by atoms with E-state index in [1.54, 1.807) is 0 Å². The number of unbranched alkanes of at least 4 members (excludes halogenated alkanes) is 3. The van der Waals surface area contributed by atoms with Gasteiger partial charge in [-0.15, -0.1) is 0 Å². The predicted molar refractivity (Wildman–Crippen MR) is 72.2 cm³/mol. The highest BCUT2D eigenvalue weighted by molar-refractivity contribution is 6.39. The third-order valence-electron chi connectivity index (χ3n) is 2.62. The van der Waals surface area contributed by atoms with E-state index in [4.69, 9.17) is 0 Å². The van der Waals surface area contributed by atoms with Crippen LogP contribution in [-0.4, -0.2) is 18.4 Å². The Morgan fingerprint density at radius 3 is 2.37 bits per heavy atom. The van der Waals surface area contributed by atoms with Gasteiger partial charge in [-0.25, -0.2) is 4.39 Å². The molecule has 4 nitrogen and oxygen atoms in total. The third-order valence-corrected chi connectivity index (χ3v) is 2.62. The predicted octanol–water partition coefficient (Wildman–Crippen LogP) is 2.46. The second kappa shape index (κ2) is 8.24. The van der Waals surface area contributed by atoms with Crippen molar-refractivity contribution in [2.24, 2.45) is 0 Å². The van der Waals surface area contributed by atoms with Crippen molar-refractivity contribution in [3.8, 4) is 0 Å². The fraction of sp³-hybridized carbons (Fsp3) is 0.429. The van der Waals surface area contributed by atoms with Gasteiger partial charge < -0.3 is 10.6 Å². The van der Waals surface area contributed by atoms with E-state index in [1.165, 1.54) is 24.3 Å². The molecule has 2 amide bonds. The van der Waals surface area contributed by atoms with E-state index >= 15 is 0 Å². The molecule has 0 unspecified atom stereocenters. The number of halogens is 1. The highest BCUT2D eigenvalue weighted by Crippen LogP contribution is 2.07. The first-order valence-corrected chi connectivity index (χ1v) is 6.48. The van der Waals surface area contributed by atoms with Crippen LogP contribution in [0.2, 0.25) is 0 Å². The van der Waals surface area contributed by atoms with Gasteiger partial charge in [0.2, 0.25) is 0 Å². The minimum atomic E-state index is -0.734. The van der Waals surface area contributed by atoms with E-state index in [2.05, 4.69) is 17.6 Å². The SMILES string of the molecule is CCCCCCNC(=O)C(=O)Nc1ccc(F)cc1. The van der Waals surface area contributed by atoms with Crippen LogP contribution in [0.1, 0.15) is 32.6 Å². The van der Waals surface area contributed by atoms with Crippen molar-refractivity contribution in [2.45, 2.75) is 32.6 Å². The van der Waals surface area contributed by atoms with Crippen LogP contribution in [0.25, 0.3) is 0 Å². The Morgan fingerprint density at radius 1 is 1.05 bits per heavy atom. The zero-order valence-electron chi connectivity index (χ0n) is 11.0. The van der Waals surface area contributed by atoms with Gasteiger partial charge in [0.15, 0.2) is 0 Å². The summed E-state index contributed by atoms with van der Waals surface area (Å²) in [6, 6.07) is 5.25. The van der Waals surface area contributed by atoms with Crippen LogP contribution < -0.4 is 10.6 Å². The van der Waals surface area contributed by atoms with E-state index in [1.807, 2.05) is 0 Å². The van der Waals surface area contributed by atoms with E-state index < -0.39 is 17.6 Å². The van der Waals surface area contributed by atoms with Gasteiger partial charge in [-0.1, -0.05) is 26.2 Å². The molecule has 0 aliphatic carbocycles. The van der Waals surface area contributed by atoms with Gasteiger partial charge in [0.05, 0.1) is 0 Å². The number of carbonyl (C=O) groups is 2. The second-order valence-electron chi connectivity index (χ2n) is 4.28. The molecule has 0 aliphatic heterocycles. The highest BCUT2D eigenvalue weighted by Gasteiger charge is 2.12. The Balaban J connectivity index is 2.28. The van der Waals surface area contributed by atoms with Gasteiger partial charge in [0.1, 0.15) is 5.82 Å². The zero-order valence-corrected chi connectivity index (χ0v) is 11.0. The molecule has 0 bridgehead atoms. The normalized spacial score (nSPS) is 10.0. The fourth-order valence-electron chi connectivity index (χ4n) is 1.56. The standard InChI is InChI=1S/C14H19FN2O2/c1-2-3-4-5-10-16-13(18)14(19)17-12-8-6-11(15)7-9-12/h6-9H,2-5,10H2,1H3,(H,16,18)(H,17,19). The summed E-state index contributed by atoms with van der Waals surface area (Å²) in [6.45, 7) is 2.60. The van der Waals surface area contributed by atoms with Crippen LogP contribution in [-0.2, 0) is 9.59 Å². The molecule has 0 radical (unpaired) electrons. The molecule has 1 rings (SSSR count). The molecule has 1 aromatic carbocycles. The lowest BCUT2D eigenvalue weighted by molar-refractivity contribution is -0.136. The number of benzene rings is 1. The molecule has 1 aromatic rings. The maximum absolute atomic E-state index is 12.7. The minimum Gasteiger partial charge on any atom is -0.348 e. The quantitative estimate of drug-likeness (QED) is 0.614. The fourth-order valence-corrected chi connectivity index (χ4v) is 1.56. The van der Waals surface area contributed by atoms with Crippen molar-refractivity contribution in [1.82, 2.24) is 5.32 Å². The van der Waals surface area contributed by atoms with Crippen molar-refractivity contribution in [1.29, 1.82) is 0 Å². The van der Waals surface area contributed by atoms with Crippen molar-refractivity contribution in [3.63, 3.8) is 0 Å². The molecular formula is C14H19FN2O2. The Labute approximate surface area is 112 Å². The molecule has 0 saturated carbocycles. The molecule has 104 valence electrons. The van der Waals surface area contributed by atoms with Gasteiger partial charge >= 0.3 is 11.8 Å². The number of hydrogen-bond acceptors (Lipinski definition) is 2. The van der Waals surface area contributed by atoms with Crippen LogP contribution >= 0.6 is 0 Å². The summed E-state index contributed by atoms with van der Waals surface area (Å²) in [4.78, 5) is 23.0. The molecule has 19 heavy (non-hydrogen) atoms. The van der Waals surface area contributed by atoms with Crippen LogP contribution in [0.3, 0.4) is 0 Å². The molecule has 0 spiro atoms. The third kappa shape index (κ3) is 5.99. The lowest BCUT2D eigenvalue weighted by Gasteiger charge is -2.06. The van der Waals surface area contributed by atoms with Crippen LogP contribution in [0, 0.1) is 5.82 Å². The maximum atomic E-state index is 12.7. The molecule has 0 aromatic heterocycles. The van der Waals surface area contributed by atoms with Crippen molar-refractivity contribution in [3.05, 3.63) is 30.1 Å². The molecule has 0 aliphatic rings. The van der Waals surface area contributed by atoms with Crippen LogP contribution in [0.15, 0.2) is 24.3 Å². The summed E-state index contributed by atoms with van der Waals surface area (Å²) >= 11 is 0. The Hall–Kier alpha value is -1.91. The maximum Gasteiger partial charge on any atom is 0.313 e. The summed E-state index contributed by atoms with van der Waals surface area (Å²) in [5.74, 6) is -1.79. The molecule has 0 atom stereocenters. The highest BCUT2D eigenvalue weighted by atomic mass is 19.1. The first-order valence-electron chi connectivity index (χ1n) is 6.48. The minimum absolute atomic E-state index is 0.390. The van der Waals surface area contributed by atoms with Crippen LogP contribution in [0.5, 0.6) is 0 Å². The molecule has 0 saturated heterocycles. The topological polar surface area (TPSA) is 58.2 Å². The van der Waals surface area contributed by atoms with Crippen LogP contribution in [0.4, 0.5) is 10.1 Å². The summed E-state index contributed by atoms with van der Waals surface area (Å²) < 4.78 is 12.7.